The second-order valence-electron chi connectivity index (χ2n) is 7.31. The standard InChI is InChI=1S/C21H23N5S2/c1-4-15-12-28-21-24-18(17-7-5-6-8-22-17)19(26(15)21)16-11-13(2)25(14(16)3)20-23-9-10-27-20/h5-11,15,18-19H,4,12H2,1-3H3. The third kappa shape index (κ3) is 2.71. The largest absolute Gasteiger partial charge is 0.338 e. The maximum Gasteiger partial charge on any atom is 0.193 e. The summed E-state index contributed by atoms with van der Waals surface area (Å²) in [6, 6.07) is 9.20. The van der Waals surface area contributed by atoms with Crippen LogP contribution in [0.4, 0.5) is 0 Å². The maximum atomic E-state index is 5.14. The van der Waals surface area contributed by atoms with Gasteiger partial charge in [0.2, 0.25) is 0 Å². The third-order valence-electron chi connectivity index (χ3n) is 5.73. The Balaban J connectivity index is 1.65. The van der Waals surface area contributed by atoms with Gasteiger partial charge >= 0.3 is 0 Å². The zero-order valence-electron chi connectivity index (χ0n) is 16.2. The Morgan fingerprint density at radius 2 is 2.07 bits per heavy atom. The lowest BCUT2D eigenvalue weighted by molar-refractivity contribution is 0.254. The number of aryl methyl sites for hydroxylation is 1. The molecule has 3 atom stereocenters. The molecule has 5 rings (SSSR count). The predicted octanol–water partition coefficient (Wildman–Crippen LogP) is 4.93. The molecular formula is C21H23N5S2. The Bertz CT molecular complexity index is 1010. The molecule has 3 aromatic rings. The highest BCUT2D eigenvalue weighted by atomic mass is 32.2. The van der Waals surface area contributed by atoms with Crippen LogP contribution in [0.25, 0.3) is 5.13 Å². The number of aromatic nitrogens is 3. The van der Waals surface area contributed by atoms with E-state index in [0.717, 1.165) is 23.0 Å². The number of thiazole rings is 1. The molecule has 0 amide bonds. The molecule has 1 saturated heterocycles. The zero-order chi connectivity index (χ0) is 19.3. The van der Waals surface area contributed by atoms with Gasteiger partial charge in [0.15, 0.2) is 10.3 Å². The molecule has 28 heavy (non-hydrogen) atoms. The molecule has 2 aliphatic rings. The van der Waals surface area contributed by atoms with Gasteiger partial charge in [0.25, 0.3) is 0 Å². The molecule has 1 fully saturated rings. The van der Waals surface area contributed by atoms with Crippen LogP contribution in [0.15, 0.2) is 47.0 Å². The Hall–Kier alpha value is -2.12. The van der Waals surface area contributed by atoms with Crippen molar-refractivity contribution >= 4 is 28.3 Å². The summed E-state index contributed by atoms with van der Waals surface area (Å²) in [5.74, 6) is 1.12. The van der Waals surface area contributed by atoms with Crippen molar-refractivity contribution in [2.24, 2.45) is 4.99 Å². The van der Waals surface area contributed by atoms with E-state index in [1.807, 2.05) is 35.6 Å². The van der Waals surface area contributed by atoms with Crippen LogP contribution in [0.5, 0.6) is 0 Å². The van der Waals surface area contributed by atoms with Crippen LogP contribution in [-0.2, 0) is 0 Å². The van der Waals surface area contributed by atoms with Crippen molar-refractivity contribution in [2.75, 3.05) is 5.75 Å². The number of rotatable bonds is 4. The average Bonchev–Trinajstić information content (AvgIpc) is 3.47. The van der Waals surface area contributed by atoms with Gasteiger partial charge in [-0.3, -0.25) is 14.5 Å². The van der Waals surface area contributed by atoms with Crippen LogP contribution in [-0.4, -0.2) is 36.4 Å². The third-order valence-corrected chi connectivity index (χ3v) is 7.61. The number of nitrogens with zero attached hydrogens (tertiary/aromatic N) is 5. The lowest BCUT2D eigenvalue weighted by atomic mass is 9.95. The first-order valence-electron chi connectivity index (χ1n) is 9.67. The smallest absolute Gasteiger partial charge is 0.193 e. The van der Waals surface area contributed by atoms with Crippen molar-refractivity contribution < 1.29 is 0 Å². The number of pyridine rings is 1. The lowest BCUT2D eigenvalue weighted by Gasteiger charge is -2.31. The SMILES string of the molecule is CCC1CSC2=NC(c3ccccn3)C(c3cc(C)n(-c4nccs4)c3C)N21. The molecule has 0 N–H and O–H groups in total. The van der Waals surface area contributed by atoms with E-state index in [0.29, 0.717) is 6.04 Å². The molecule has 5 heterocycles. The summed E-state index contributed by atoms with van der Waals surface area (Å²) in [7, 11) is 0. The van der Waals surface area contributed by atoms with Gasteiger partial charge in [-0.15, -0.1) is 11.3 Å². The molecule has 0 spiro atoms. The molecule has 0 bridgehead atoms. The highest BCUT2D eigenvalue weighted by molar-refractivity contribution is 8.14. The van der Waals surface area contributed by atoms with Crippen molar-refractivity contribution in [1.82, 2.24) is 19.4 Å². The zero-order valence-corrected chi connectivity index (χ0v) is 17.9. The van der Waals surface area contributed by atoms with Crippen LogP contribution in [0.1, 0.15) is 48.1 Å². The second-order valence-corrected chi connectivity index (χ2v) is 9.17. The van der Waals surface area contributed by atoms with E-state index in [4.69, 9.17) is 4.99 Å². The molecule has 0 saturated carbocycles. The van der Waals surface area contributed by atoms with Gasteiger partial charge in [-0.1, -0.05) is 24.8 Å². The lowest BCUT2D eigenvalue weighted by Crippen LogP contribution is -2.35. The fraction of sp³-hybridized carbons (Fsp3) is 0.381. The Kier molecular flexibility index (Phi) is 4.51. The molecule has 7 heteroatoms. The van der Waals surface area contributed by atoms with Crippen molar-refractivity contribution in [3.05, 3.63) is 64.7 Å². The summed E-state index contributed by atoms with van der Waals surface area (Å²) < 4.78 is 2.28. The fourth-order valence-electron chi connectivity index (χ4n) is 4.39. The van der Waals surface area contributed by atoms with Crippen molar-refractivity contribution in [3.63, 3.8) is 0 Å². The first kappa shape index (κ1) is 17.9. The van der Waals surface area contributed by atoms with E-state index in [1.54, 1.807) is 11.3 Å². The normalized spacial score (nSPS) is 23.9. The highest BCUT2D eigenvalue weighted by Crippen LogP contribution is 2.49. The summed E-state index contributed by atoms with van der Waals surface area (Å²) in [4.78, 5) is 16.9. The average molecular weight is 410 g/mol. The molecule has 2 aliphatic heterocycles. The Morgan fingerprint density at radius 1 is 1.18 bits per heavy atom. The van der Waals surface area contributed by atoms with Gasteiger partial charge in [0.05, 0.1) is 11.7 Å². The quantitative estimate of drug-likeness (QED) is 0.613. The summed E-state index contributed by atoms with van der Waals surface area (Å²) in [6.45, 7) is 6.65. The molecule has 3 aromatic heterocycles. The molecule has 144 valence electrons. The molecular weight excluding hydrogens is 386 g/mol. The molecule has 0 radical (unpaired) electrons. The fourth-order valence-corrected chi connectivity index (χ4v) is 6.48. The summed E-state index contributed by atoms with van der Waals surface area (Å²) >= 11 is 3.56. The van der Waals surface area contributed by atoms with Crippen molar-refractivity contribution in [2.45, 2.75) is 45.3 Å². The van der Waals surface area contributed by atoms with E-state index >= 15 is 0 Å². The minimum atomic E-state index is 0.0308. The number of fused-ring (bicyclic) bond motifs is 1. The summed E-state index contributed by atoms with van der Waals surface area (Å²) in [6.07, 6.45) is 4.87. The number of amidine groups is 1. The number of thioether (sulfide) groups is 1. The van der Waals surface area contributed by atoms with E-state index in [9.17, 15) is 0 Å². The van der Waals surface area contributed by atoms with Crippen LogP contribution in [0.2, 0.25) is 0 Å². The molecule has 3 unspecified atom stereocenters. The van der Waals surface area contributed by atoms with Crippen LogP contribution in [0, 0.1) is 13.8 Å². The van der Waals surface area contributed by atoms with Gasteiger partial charge in [0, 0.05) is 41.0 Å². The van der Waals surface area contributed by atoms with Crippen LogP contribution in [0.3, 0.4) is 0 Å². The molecule has 5 nitrogen and oxygen atoms in total. The van der Waals surface area contributed by atoms with E-state index in [-0.39, 0.29) is 12.1 Å². The number of aliphatic imine (C=N–C) groups is 1. The first-order chi connectivity index (χ1) is 13.7. The summed E-state index contributed by atoms with van der Waals surface area (Å²) in [5.41, 5.74) is 4.85. The second kappa shape index (κ2) is 7.04. The molecule has 0 aromatic carbocycles. The number of hydrogen-bond acceptors (Lipinski definition) is 6. The van der Waals surface area contributed by atoms with Gasteiger partial charge in [-0.05, 0) is 44.0 Å². The van der Waals surface area contributed by atoms with Crippen molar-refractivity contribution in [3.8, 4) is 5.13 Å². The van der Waals surface area contributed by atoms with Gasteiger partial charge in [0.1, 0.15) is 6.04 Å². The van der Waals surface area contributed by atoms with Crippen molar-refractivity contribution in [1.29, 1.82) is 0 Å². The minimum absolute atomic E-state index is 0.0308. The van der Waals surface area contributed by atoms with E-state index < -0.39 is 0 Å². The monoisotopic (exact) mass is 409 g/mol. The van der Waals surface area contributed by atoms with Crippen LogP contribution < -0.4 is 0 Å². The highest BCUT2D eigenvalue weighted by Gasteiger charge is 2.46. The Morgan fingerprint density at radius 3 is 2.79 bits per heavy atom. The minimum Gasteiger partial charge on any atom is -0.338 e. The van der Waals surface area contributed by atoms with Gasteiger partial charge in [-0.25, -0.2) is 4.98 Å². The first-order valence-corrected chi connectivity index (χ1v) is 11.5. The summed E-state index contributed by atoms with van der Waals surface area (Å²) in [5, 5.41) is 4.23. The molecule has 0 aliphatic carbocycles. The van der Waals surface area contributed by atoms with Gasteiger partial charge < -0.3 is 4.90 Å². The maximum absolute atomic E-state index is 5.14. The van der Waals surface area contributed by atoms with E-state index in [2.05, 4.69) is 58.4 Å². The van der Waals surface area contributed by atoms with E-state index in [1.165, 1.54) is 22.1 Å². The predicted molar refractivity (Wildman–Crippen MR) is 116 cm³/mol. The van der Waals surface area contributed by atoms with Gasteiger partial charge in [-0.2, -0.15) is 0 Å². The number of hydrogen-bond donors (Lipinski definition) is 0. The topological polar surface area (TPSA) is 46.3 Å². The van der Waals surface area contributed by atoms with Crippen LogP contribution >= 0.6 is 23.1 Å². The Labute approximate surface area is 173 Å².